The second-order valence-electron chi connectivity index (χ2n) is 4.00. The molecule has 0 aliphatic rings. The molecule has 0 fully saturated rings. The highest BCUT2D eigenvalue weighted by Crippen LogP contribution is 2.33. The van der Waals surface area contributed by atoms with Crippen molar-refractivity contribution in [1.29, 1.82) is 0 Å². The van der Waals surface area contributed by atoms with Gasteiger partial charge in [0.15, 0.2) is 0 Å². The number of aryl methyl sites for hydroxylation is 1. The van der Waals surface area contributed by atoms with E-state index in [1.54, 1.807) is 11.3 Å². The lowest BCUT2D eigenvalue weighted by molar-refractivity contribution is 0.727. The molecule has 0 spiro atoms. The highest BCUT2D eigenvalue weighted by Gasteiger charge is 2.06. The minimum Gasteiger partial charge on any atom is -0.313 e. The summed E-state index contributed by atoms with van der Waals surface area (Å²) in [6.07, 6.45) is 0. The third-order valence-electron chi connectivity index (χ3n) is 2.62. The molecule has 1 N–H and O–H groups in total. The summed E-state index contributed by atoms with van der Waals surface area (Å²) in [6.45, 7) is 6.06. The van der Waals surface area contributed by atoms with E-state index in [1.807, 2.05) is 0 Å². The molecule has 0 saturated heterocycles. The summed E-state index contributed by atoms with van der Waals surface area (Å²) < 4.78 is 0. The Balaban J connectivity index is 2.25. The van der Waals surface area contributed by atoms with Crippen molar-refractivity contribution < 1.29 is 0 Å². The fraction of sp³-hybridized carbons (Fsp3) is 0.286. The van der Waals surface area contributed by atoms with E-state index in [0.29, 0.717) is 0 Å². The zero-order valence-corrected chi connectivity index (χ0v) is 11.7. The molecule has 2 rings (SSSR count). The first-order valence-electron chi connectivity index (χ1n) is 5.76. The van der Waals surface area contributed by atoms with E-state index in [0.717, 1.165) is 23.7 Å². The van der Waals surface area contributed by atoms with Crippen molar-refractivity contribution in [3.05, 3.63) is 45.8 Å². The largest absolute Gasteiger partial charge is 0.313 e. The Morgan fingerprint density at radius 1 is 1.24 bits per heavy atom. The molecule has 1 aromatic heterocycles. The van der Waals surface area contributed by atoms with Crippen LogP contribution in [-0.2, 0) is 6.54 Å². The quantitative estimate of drug-likeness (QED) is 0.859. The third kappa shape index (κ3) is 3.09. The lowest BCUT2D eigenvalue weighted by Crippen LogP contribution is -2.11. The minimum atomic E-state index is 0.835. The number of thiophene rings is 1. The van der Waals surface area contributed by atoms with Crippen LogP contribution in [0, 0.1) is 6.92 Å². The molecular weight excluding hydrogens is 250 g/mol. The topological polar surface area (TPSA) is 12.0 Å². The molecule has 0 bridgehead atoms. The number of rotatable bonds is 4. The smallest absolute Gasteiger partial charge is 0.0495 e. The molecule has 0 saturated carbocycles. The molecule has 3 heteroatoms. The van der Waals surface area contributed by atoms with E-state index < -0.39 is 0 Å². The van der Waals surface area contributed by atoms with Crippen molar-refractivity contribution in [3.8, 4) is 10.4 Å². The summed E-state index contributed by atoms with van der Waals surface area (Å²) in [5.74, 6) is 0. The molecule has 0 aliphatic heterocycles. The van der Waals surface area contributed by atoms with Crippen molar-refractivity contribution >= 4 is 22.9 Å². The summed E-state index contributed by atoms with van der Waals surface area (Å²) in [7, 11) is 0. The Morgan fingerprint density at radius 3 is 2.65 bits per heavy atom. The molecule has 0 unspecified atom stereocenters. The van der Waals surface area contributed by atoms with E-state index >= 15 is 0 Å². The molecule has 90 valence electrons. The van der Waals surface area contributed by atoms with Gasteiger partial charge in [-0.3, -0.25) is 0 Å². The first-order chi connectivity index (χ1) is 8.20. The fourth-order valence-corrected chi connectivity index (χ4v) is 2.98. The standard InChI is InChI=1S/C14H16ClNS/c1-3-16-9-11-5-6-12(13(15)8-11)14-7-4-10(2)17-14/h4-8,16H,3,9H2,1-2H3. The molecule has 1 aromatic carbocycles. The molecular formula is C14H16ClNS. The second-order valence-corrected chi connectivity index (χ2v) is 5.70. The fourth-order valence-electron chi connectivity index (χ4n) is 1.72. The molecule has 0 radical (unpaired) electrons. The summed E-state index contributed by atoms with van der Waals surface area (Å²) in [6, 6.07) is 10.6. The SMILES string of the molecule is CCNCc1ccc(-c2ccc(C)s2)c(Cl)c1. The number of hydrogen-bond acceptors (Lipinski definition) is 2. The van der Waals surface area contributed by atoms with Crippen LogP contribution in [0.15, 0.2) is 30.3 Å². The lowest BCUT2D eigenvalue weighted by Gasteiger charge is -2.06. The van der Waals surface area contributed by atoms with E-state index in [9.17, 15) is 0 Å². The maximum Gasteiger partial charge on any atom is 0.0495 e. The van der Waals surface area contributed by atoms with Crippen LogP contribution < -0.4 is 5.32 Å². The van der Waals surface area contributed by atoms with Crippen molar-refractivity contribution in [2.45, 2.75) is 20.4 Å². The zero-order valence-electron chi connectivity index (χ0n) is 10.1. The molecule has 0 aliphatic carbocycles. The van der Waals surface area contributed by atoms with E-state index in [-0.39, 0.29) is 0 Å². The molecule has 0 amide bonds. The van der Waals surface area contributed by atoms with Gasteiger partial charge in [-0.1, -0.05) is 30.7 Å². The Kier molecular flexibility index (Phi) is 4.21. The van der Waals surface area contributed by atoms with Crippen LogP contribution in [0.4, 0.5) is 0 Å². The summed E-state index contributed by atoms with van der Waals surface area (Å²) >= 11 is 8.11. The Labute approximate surface area is 111 Å². The van der Waals surface area contributed by atoms with Crippen molar-refractivity contribution in [1.82, 2.24) is 5.32 Å². The first kappa shape index (κ1) is 12.6. The number of benzene rings is 1. The van der Waals surface area contributed by atoms with Gasteiger partial charge >= 0.3 is 0 Å². The molecule has 1 nitrogen and oxygen atoms in total. The highest BCUT2D eigenvalue weighted by molar-refractivity contribution is 7.15. The van der Waals surface area contributed by atoms with Crippen LogP contribution in [0.5, 0.6) is 0 Å². The highest BCUT2D eigenvalue weighted by atomic mass is 35.5. The van der Waals surface area contributed by atoms with Gasteiger partial charge in [0, 0.05) is 26.9 Å². The van der Waals surface area contributed by atoms with Gasteiger partial charge in [0.25, 0.3) is 0 Å². The molecule has 2 aromatic rings. The van der Waals surface area contributed by atoms with E-state index in [4.69, 9.17) is 11.6 Å². The van der Waals surface area contributed by atoms with Gasteiger partial charge in [-0.2, -0.15) is 0 Å². The maximum absolute atomic E-state index is 6.33. The average molecular weight is 266 g/mol. The van der Waals surface area contributed by atoms with Gasteiger partial charge in [0.1, 0.15) is 0 Å². The molecule has 17 heavy (non-hydrogen) atoms. The molecule has 1 heterocycles. The summed E-state index contributed by atoms with van der Waals surface area (Å²) in [5, 5.41) is 4.13. The van der Waals surface area contributed by atoms with Gasteiger partial charge in [-0.25, -0.2) is 0 Å². The van der Waals surface area contributed by atoms with Crippen LogP contribution in [0.1, 0.15) is 17.4 Å². The lowest BCUT2D eigenvalue weighted by atomic mass is 10.1. The summed E-state index contributed by atoms with van der Waals surface area (Å²) in [4.78, 5) is 2.55. The zero-order chi connectivity index (χ0) is 12.3. The Bertz CT molecular complexity index is 505. The predicted octanol–water partition coefficient (Wildman–Crippen LogP) is 4.49. The number of nitrogens with one attached hydrogen (secondary N) is 1. The number of halogens is 1. The monoisotopic (exact) mass is 265 g/mol. The van der Waals surface area contributed by atoms with Gasteiger partial charge in [0.05, 0.1) is 0 Å². The van der Waals surface area contributed by atoms with Crippen molar-refractivity contribution in [2.24, 2.45) is 0 Å². The third-order valence-corrected chi connectivity index (χ3v) is 3.97. The van der Waals surface area contributed by atoms with E-state index in [1.165, 1.54) is 15.3 Å². The van der Waals surface area contributed by atoms with Gasteiger partial charge in [0.2, 0.25) is 0 Å². The maximum atomic E-state index is 6.33. The first-order valence-corrected chi connectivity index (χ1v) is 6.96. The minimum absolute atomic E-state index is 0.835. The van der Waals surface area contributed by atoms with Crippen LogP contribution in [0.3, 0.4) is 0 Å². The normalized spacial score (nSPS) is 10.8. The Morgan fingerprint density at radius 2 is 2.06 bits per heavy atom. The van der Waals surface area contributed by atoms with Gasteiger partial charge in [-0.05, 0) is 37.2 Å². The summed E-state index contributed by atoms with van der Waals surface area (Å²) in [5.41, 5.74) is 2.36. The van der Waals surface area contributed by atoms with Gasteiger partial charge in [-0.15, -0.1) is 11.3 Å². The van der Waals surface area contributed by atoms with Crippen LogP contribution >= 0.6 is 22.9 Å². The molecule has 0 atom stereocenters. The predicted molar refractivity (Wildman–Crippen MR) is 76.9 cm³/mol. The second kappa shape index (κ2) is 5.67. The van der Waals surface area contributed by atoms with Crippen LogP contribution in [0.25, 0.3) is 10.4 Å². The number of hydrogen-bond donors (Lipinski definition) is 1. The Hall–Kier alpha value is -0.830. The van der Waals surface area contributed by atoms with Gasteiger partial charge < -0.3 is 5.32 Å². The average Bonchev–Trinajstić information content (AvgIpc) is 2.73. The van der Waals surface area contributed by atoms with Crippen molar-refractivity contribution in [2.75, 3.05) is 6.54 Å². The van der Waals surface area contributed by atoms with Crippen LogP contribution in [-0.4, -0.2) is 6.54 Å². The van der Waals surface area contributed by atoms with Crippen molar-refractivity contribution in [3.63, 3.8) is 0 Å². The van der Waals surface area contributed by atoms with E-state index in [2.05, 4.69) is 49.5 Å². The van der Waals surface area contributed by atoms with Crippen LogP contribution in [0.2, 0.25) is 5.02 Å².